The lowest BCUT2D eigenvalue weighted by atomic mass is 10.1. The SMILES string of the molecule is CCc1ccc(N2CC(C(=O)NCCCCl)CC2=O)cc1. The molecule has 2 rings (SSSR count). The molecular weight excluding hydrogens is 288 g/mol. The molecular formula is C16H21ClN2O2. The molecule has 1 N–H and O–H groups in total. The zero-order valence-corrected chi connectivity index (χ0v) is 13.0. The summed E-state index contributed by atoms with van der Waals surface area (Å²) in [5.74, 6) is 0.219. The minimum absolute atomic E-state index is 0.0109. The lowest BCUT2D eigenvalue weighted by Gasteiger charge is -2.17. The Morgan fingerprint density at radius 3 is 2.71 bits per heavy atom. The molecule has 1 aromatic rings. The Balaban J connectivity index is 1.96. The predicted octanol–water partition coefficient (Wildman–Crippen LogP) is 2.35. The van der Waals surface area contributed by atoms with E-state index in [2.05, 4.69) is 12.2 Å². The first-order chi connectivity index (χ1) is 10.2. The fraction of sp³-hybridized carbons (Fsp3) is 0.500. The van der Waals surface area contributed by atoms with E-state index in [0.717, 1.165) is 18.5 Å². The van der Waals surface area contributed by atoms with E-state index >= 15 is 0 Å². The van der Waals surface area contributed by atoms with Crippen LogP contribution in [0.25, 0.3) is 0 Å². The fourth-order valence-corrected chi connectivity index (χ4v) is 2.60. The summed E-state index contributed by atoms with van der Waals surface area (Å²) in [6.45, 7) is 3.12. The number of hydrogen-bond donors (Lipinski definition) is 1. The Morgan fingerprint density at radius 1 is 1.38 bits per heavy atom. The zero-order chi connectivity index (χ0) is 15.2. The highest BCUT2D eigenvalue weighted by molar-refractivity contribution is 6.17. The van der Waals surface area contributed by atoms with E-state index in [1.807, 2.05) is 24.3 Å². The molecule has 0 spiro atoms. The van der Waals surface area contributed by atoms with Crippen LogP contribution in [0.4, 0.5) is 5.69 Å². The van der Waals surface area contributed by atoms with Crippen LogP contribution in [0, 0.1) is 5.92 Å². The quantitative estimate of drug-likeness (QED) is 0.648. The maximum absolute atomic E-state index is 12.1. The van der Waals surface area contributed by atoms with E-state index in [9.17, 15) is 9.59 Å². The number of hydrogen-bond acceptors (Lipinski definition) is 2. The molecule has 2 amide bonds. The molecule has 1 saturated heterocycles. The van der Waals surface area contributed by atoms with Crippen LogP contribution in [-0.4, -0.2) is 30.8 Å². The van der Waals surface area contributed by atoms with E-state index in [1.54, 1.807) is 4.90 Å². The van der Waals surface area contributed by atoms with E-state index in [1.165, 1.54) is 5.56 Å². The van der Waals surface area contributed by atoms with Gasteiger partial charge in [0, 0.05) is 31.1 Å². The number of aryl methyl sites for hydroxylation is 1. The number of halogens is 1. The number of alkyl halides is 1. The standard InChI is InChI=1S/C16H21ClN2O2/c1-2-12-4-6-14(7-5-12)19-11-13(10-15(19)20)16(21)18-9-3-8-17/h4-7,13H,2-3,8-11H2,1H3,(H,18,21). The Labute approximate surface area is 130 Å². The fourth-order valence-electron chi connectivity index (χ4n) is 2.47. The van der Waals surface area contributed by atoms with Gasteiger partial charge in [-0.1, -0.05) is 19.1 Å². The number of nitrogens with zero attached hydrogens (tertiary/aromatic N) is 1. The molecule has 1 atom stereocenters. The van der Waals surface area contributed by atoms with Crippen molar-refractivity contribution >= 4 is 29.1 Å². The number of carbonyl (C=O) groups excluding carboxylic acids is 2. The van der Waals surface area contributed by atoms with Crippen LogP contribution >= 0.6 is 11.6 Å². The van der Waals surface area contributed by atoms with Gasteiger partial charge in [0.2, 0.25) is 11.8 Å². The number of anilines is 1. The third kappa shape index (κ3) is 3.97. The van der Waals surface area contributed by atoms with Gasteiger partial charge in [0.15, 0.2) is 0 Å². The molecule has 0 aliphatic carbocycles. The maximum Gasteiger partial charge on any atom is 0.227 e. The molecule has 0 aromatic heterocycles. The highest BCUT2D eigenvalue weighted by Crippen LogP contribution is 2.25. The van der Waals surface area contributed by atoms with Crippen molar-refractivity contribution in [2.75, 3.05) is 23.9 Å². The smallest absolute Gasteiger partial charge is 0.227 e. The van der Waals surface area contributed by atoms with Crippen molar-refractivity contribution < 1.29 is 9.59 Å². The molecule has 1 aromatic carbocycles. The first-order valence-electron chi connectivity index (χ1n) is 7.38. The van der Waals surface area contributed by atoms with Gasteiger partial charge in [-0.2, -0.15) is 0 Å². The summed E-state index contributed by atoms with van der Waals surface area (Å²) in [6, 6.07) is 7.95. The average molecular weight is 309 g/mol. The molecule has 114 valence electrons. The summed E-state index contributed by atoms with van der Waals surface area (Å²) in [7, 11) is 0. The number of rotatable bonds is 6. The maximum atomic E-state index is 12.1. The summed E-state index contributed by atoms with van der Waals surface area (Å²) >= 11 is 5.58. The second kappa shape index (κ2) is 7.46. The molecule has 4 nitrogen and oxygen atoms in total. The van der Waals surface area contributed by atoms with Crippen LogP contribution < -0.4 is 10.2 Å². The van der Waals surface area contributed by atoms with Crippen LogP contribution in [-0.2, 0) is 16.0 Å². The molecule has 1 fully saturated rings. The minimum atomic E-state index is -0.265. The molecule has 1 aliphatic heterocycles. The van der Waals surface area contributed by atoms with E-state index in [4.69, 9.17) is 11.6 Å². The Kier molecular flexibility index (Phi) is 5.62. The van der Waals surface area contributed by atoms with Gasteiger partial charge in [-0.05, 0) is 30.5 Å². The van der Waals surface area contributed by atoms with Gasteiger partial charge in [0.25, 0.3) is 0 Å². The van der Waals surface area contributed by atoms with Gasteiger partial charge in [0.05, 0.1) is 5.92 Å². The Bertz CT molecular complexity index is 502. The largest absolute Gasteiger partial charge is 0.356 e. The second-order valence-electron chi connectivity index (χ2n) is 5.26. The lowest BCUT2D eigenvalue weighted by molar-refractivity contribution is -0.126. The summed E-state index contributed by atoms with van der Waals surface area (Å²) in [4.78, 5) is 25.8. The highest BCUT2D eigenvalue weighted by Gasteiger charge is 2.34. The van der Waals surface area contributed by atoms with Gasteiger partial charge in [-0.3, -0.25) is 9.59 Å². The van der Waals surface area contributed by atoms with Gasteiger partial charge in [-0.25, -0.2) is 0 Å². The van der Waals surface area contributed by atoms with Gasteiger partial charge in [0.1, 0.15) is 0 Å². The molecule has 21 heavy (non-hydrogen) atoms. The van der Waals surface area contributed by atoms with E-state index < -0.39 is 0 Å². The highest BCUT2D eigenvalue weighted by atomic mass is 35.5. The number of amides is 2. The van der Waals surface area contributed by atoms with Crippen LogP contribution in [0.15, 0.2) is 24.3 Å². The van der Waals surface area contributed by atoms with Crippen LogP contribution in [0.5, 0.6) is 0 Å². The first-order valence-corrected chi connectivity index (χ1v) is 7.92. The van der Waals surface area contributed by atoms with Crippen molar-refractivity contribution in [3.8, 4) is 0 Å². The molecule has 1 heterocycles. The number of carbonyl (C=O) groups is 2. The Morgan fingerprint density at radius 2 is 2.10 bits per heavy atom. The van der Waals surface area contributed by atoms with Gasteiger partial charge in [-0.15, -0.1) is 11.6 Å². The topological polar surface area (TPSA) is 49.4 Å². The molecule has 1 unspecified atom stereocenters. The second-order valence-corrected chi connectivity index (χ2v) is 5.64. The predicted molar refractivity (Wildman–Crippen MR) is 84.6 cm³/mol. The molecule has 0 bridgehead atoms. The molecule has 1 aliphatic rings. The molecule has 0 radical (unpaired) electrons. The summed E-state index contributed by atoms with van der Waals surface area (Å²) in [5, 5.41) is 2.83. The summed E-state index contributed by atoms with van der Waals surface area (Å²) in [6.07, 6.45) is 2.00. The van der Waals surface area contributed by atoms with Crippen LogP contribution in [0.3, 0.4) is 0 Å². The van der Waals surface area contributed by atoms with Gasteiger partial charge < -0.3 is 10.2 Å². The first kappa shape index (κ1) is 15.8. The molecule has 0 saturated carbocycles. The average Bonchev–Trinajstić information content (AvgIpc) is 2.89. The van der Waals surface area contributed by atoms with E-state index in [0.29, 0.717) is 19.0 Å². The van der Waals surface area contributed by atoms with E-state index in [-0.39, 0.29) is 24.2 Å². The zero-order valence-electron chi connectivity index (χ0n) is 12.3. The van der Waals surface area contributed by atoms with Crippen LogP contribution in [0.2, 0.25) is 0 Å². The normalized spacial score (nSPS) is 18.1. The third-order valence-electron chi connectivity index (χ3n) is 3.76. The number of nitrogens with one attached hydrogen (secondary N) is 1. The van der Waals surface area contributed by atoms with Crippen molar-refractivity contribution in [3.05, 3.63) is 29.8 Å². The monoisotopic (exact) mass is 308 g/mol. The van der Waals surface area contributed by atoms with Crippen molar-refractivity contribution in [1.29, 1.82) is 0 Å². The molecule has 5 heteroatoms. The Hall–Kier alpha value is -1.55. The summed E-state index contributed by atoms with van der Waals surface area (Å²) < 4.78 is 0. The third-order valence-corrected chi connectivity index (χ3v) is 4.03. The lowest BCUT2D eigenvalue weighted by Crippen LogP contribution is -2.33. The van der Waals surface area contributed by atoms with Crippen LogP contribution in [0.1, 0.15) is 25.3 Å². The van der Waals surface area contributed by atoms with Crippen molar-refractivity contribution in [1.82, 2.24) is 5.32 Å². The number of benzene rings is 1. The van der Waals surface area contributed by atoms with Gasteiger partial charge >= 0.3 is 0 Å². The van der Waals surface area contributed by atoms with Crippen molar-refractivity contribution in [3.63, 3.8) is 0 Å². The van der Waals surface area contributed by atoms with Crippen molar-refractivity contribution in [2.24, 2.45) is 5.92 Å². The summed E-state index contributed by atoms with van der Waals surface area (Å²) in [5.41, 5.74) is 2.11. The van der Waals surface area contributed by atoms with Crippen molar-refractivity contribution in [2.45, 2.75) is 26.2 Å². The minimum Gasteiger partial charge on any atom is -0.356 e.